The average Bonchev–Trinajstić information content (AvgIpc) is 2.26. The van der Waals surface area contributed by atoms with Crippen LogP contribution in [0.25, 0.3) is 0 Å². The van der Waals surface area contributed by atoms with E-state index in [1.54, 1.807) is 26.8 Å². The molecule has 1 aromatic rings. The summed E-state index contributed by atoms with van der Waals surface area (Å²) in [5, 5.41) is 0. The number of rotatable bonds is 2. The summed E-state index contributed by atoms with van der Waals surface area (Å²) in [7, 11) is 1.37. The minimum atomic E-state index is -3.60. The smallest absolute Gasteiger partial charge is 0.335 e. The van der Waals surface area contributed by atoms with E-state index in [-0.39, 0.29) is 0 Å². The number of alkyl halides is 2. The predicted molar refractivity (Wildman–Crippen MR) is 65.4 cm³/mol. The molecule has 0 atom stereocenters. The van der Waals surface area contributed by atoms with Gasteiger partial charge in [0.25, 0.3) is 5.91 Å². The first kappa shape index (κ1) is 14.5. The van der Waals surface area contributed by atoms with Gasteiger partial charge in [-0.2, -0.15) is 8.78 Å². The van der Waals surface area contributed by atoms with Crippen molar-refractivity contribution < 1.29 is 13.6 Å². The highest BCUT2D eigenvalue weighted by Gasteiger charge is 2.47. The van der Waals surface area contributed by atoms with Crippen LogP contribution in [-0.2, 0) is 10.7 Å². The van der Waals surface area contributed by atoms with Gasteiger partial charge in [-0.15, -0.1) is 0 Å². The van der Waals surface area contributed by atoms with Gasteiger partial charge >= 0.3 is 5.92 Å². The number of pyridine rings is 1. The monoisotopic (exact) mass is 256 g/mol. The zero-order valence-corrected chi connectivity index (χ0v) is 11.3. The molecule has 0 bridgehead atoms. The van der Waals surface area contributed by atoms with Crippen molar-refractivity contribution in [3.05, 3.63) is 29.6 Å². The van der Waals surface area contributed by atoms with E-state index in [4.69, 9.17) is 0 Å². The van der Waals surface area contributed by atoms with Crippen LogP contribution < -0.4 is 0 Å². The summed E-state index contributed by atoms with van der Waals surface area (Å²) < 4.78 is 28.3. The van der Waals surface area contributed by atoms with Crippen LogP contribution in [0.3, 0.4) is 0 Å². The standard InChI is InChI=1S/C13H18F2N2O/c1-9-7-6-8-16-10(9)13(14,15)11(18)17(5)12(2,3)4/h6-8H,1-5H3. The maximum Gasteiger partial charge on any atom is 0.366 e. The summed E-state index contributed by atoms with van der Waals surface area (Å²) in [4.78, 5) is 16.6. The number of amides is 1. The minimum Gasteiger partial charge on any atom is -0.335 e. The Hall–Kier alpha value is -1.52. The zero-order chi connectivity index (χ0) is 14.1. The Morgan fingerprint density at radius 2 is 1.89 bits per heavy atom. The molecule has 0 aliphatic heterocycles. The van der Waals surface area contributed by atoms with Gasteiger partial charge in [0.15, 0.2) is 0 Å². The van der Waals surface area contributed by atoms with Crippen LogP contribution in [0.2, 0.25) is 0 Å². The maximum atomic E-state index is 14.1. The van der Waals surface area contributed by atoms with E-state index < -0.39 is 23.1 Å². The fourth-order valence-electron chi connectivity index (χ4n) is 1.43. The Labute approximate surface area is 106 Å². The molecule has 100 valence electrons. The Morgan fingerprint density at radius 1 is 1.33 bits per heavy atom. The topological polar surface area (TPSA) is 33.2 Å². The van der Waals surface area contributed by atoms with E-state index in [0.29, 0.717) is 5.56 Å². The van der Waals surface area contributed by atoms with Gasteiger partial charge in [-0.3, -0.25) is 9.78 Å². The van der Waals surface area contributed by atoms with Gasteiger partial charge in [0.05, 0.1) is 0 Å². The fourth-order valence-corrected chi connectivity index (χ4v) is 1.43. The lowest BCUT2D eigenvalue weighted by atomic mass is 10.0. The summed E-state index contributed by atoms with van der Waals surface area (Å²) >= 11 is 0. The number of carbonyl (C=O) groups is 1. The summed E-state index contributed by atoms with van der Waals surface area (Å²) in [5.41, 5.74) is -0.840. The number of halogens is 2. The fraction of sp³-hybridized carbons (Fsp3) is 0.538. The Bertz CT molecular complexity index is 453. The van der Waals surface area contributed by atoms with E-state index in [1.807, 2.05) is 0 Å². The van der Waals surface area contributed by atoms with Gasteiger partial charge in [-0.25, -0.2) is 0 Å². The van der Waals surface area contributed by atoms with Gasteiger partial charge in [0, 0.05) is 18.8 Å². The third-order valence-electron chi connectivity index (χ3n) is 2.89. The minimum absolute atomic E-state index is 0.304. The molecule has 0 N–H and O–H groups in total. The molecule has 1 aromatic heterocycles. The first-order chi connectivity index (χ1) is 8.08. The third kappa shape index (κ3) is 2.66. The van der Waals surface area contributed by atoms with Crippen molar-refractivity contribution in [2.45, 2.75) is 39.2 Å². The van der Waals surface area contributed by atoms with Crippen LogP contribution in [0.15, 0.2) is 18.3 Å². The zero-order valence-electron chi connectivity index (χ0n) is 11.3. The Morgan fingerprint density at radius 3 is 2.33 bits per heavy atom. The summed E-state index contributed by atoms with van der Waals surface area (Å²) in [5.74, 6) is -4.84. The Kier molecular flexibility index (Phi) is 3.74. The largest absolute Gasteiger partial charge is 0.366 e. The van der Waals surface area contributed by atoms with Crippen molar-refractivity contribution in [2.24, 2.45) is 0 Å². The lowest BCUT2D eigenvalue weighted by Crippen LogP contribution is -2.49. The van der Waals surface area contributed by atoms with Crippen molar-refractivity contribution in [3.8, 4) is 0 Å². The summed E-state index contributed by atoms with van der Waals surface area (Å²) in [6.07, 6.45) is 1.26. The molecule has 5 heteroatoms. The van der Waals surface area contributed by atoms with Crippen LogP contribution in [-0.4, -0.2) is 28.4 Å². The maximum absolute atomic E-state index is 14.1. The quantitative estimate of drug-likeness (QED) is 0.815. The first-order valence-electron chi connectivity index (χ1n) is 5.66. The molecule has 0 aromatic carbocycles. The molecule has 1 rings (SSSR count). The lowest BCUT2D eigenvalue weighted by Gasteiger charge is -2.34. The number of aryl methyl sites for hydroxylation is 1. The number of carbonyl (C=O) groups excluding carboxylic acids is 1. The predicted octanol–water partition coefficient (Wildman–Crippen LogP) is 2.74. The molecule has 3 nitrogen and oxygen atoms in total. The first-order valence-corrected chi connectivity index (χ1v) is 5.66. The number of aromatic nitrogens is 1. The number of hydrogen-bond acceptors (Lipinski definition) is 2. The molecule has 0 saturated heterocycles. The van der Waals surface area contributed by atoms with E-state index in [1.165, 1.54) is 26.2 Å². The second-order valence-electron chi connectivity index (χ2n) is 5.28. The van der Waals surface area contributed by atoms with Crippen LogP contribution >= 0.6 is 0 Å². The van der Waals surface area contributed by atoms with Crippen molar-refractivity contribution in [3.63, 3.8) is 0 Å². The van der Waals surface area contributed by atoms with Crippen molar-refractivity contribution in [1.29, 1.82) is 0 Å². The summed E-state index contributed by atoms with van der Waals surface area (Å²) in [6, 6.07) is 3.08. The van der Waals surface area contributed by atoms with Gasteiger partial charge in [-0.1, -0.05) is 6.07 Å². The molecule has 0 spiro atoms. The van der Waals surface area contributed by atoms with E-state index in [2.05, 4.69) is 4.98 Å². The van der Waals surface area contributed by atoms with Crippen molar-refractivity contribution in [1.82, 2.24) is 9.88 Å². The van der Waals surface area contributed by atoms with Crippen LogP contribution in [0, 0.1) is 6.92 Å². The third-order valence-corrected chi connectivity index (χ3v) is 2.89. The van der Waals surface area contributed by atoms with Crippen LogP contribution in [0.4, 0.5) is 8.78 Å². The molecule has 0 unspecified atom stereocenters. The molecular formula is C13H18F2N2O. The molecule has 0 saturated carbocycles. The number of likely N-dealkylation sites (N-methyl/N-ethyl adjacent to an activating group) is 1. The molecule has 1 amide bonds. The molecule has 1 heterocycles. The molecule has 18 heavy (non-hydrogen) atoms. The molecule has 0 aliphatic rings. The van der Waals surface area contributed by atoms with Crippen molar-refractivity contribution in [2.75, 3.05) is 7.05 Å². The van der Waals surface area contributed by atoms with Crippen LogP contribution in [0.5, 0.6) is 0 Å². The van der Waals surface area contributed by atoms with Gasteiger partial charge < -0.3 is 4.90 Å². The van der Waals surface area contributed by atoms with Gasteiger partial charge in [0.1, 0.15) is 5.69 Å². The highest BCUT2D eigenvalue weighted by molar-refractivity contribution is 5.85. The molecule has 0 radical (unpaired) electrons. The Balaban J connectivity index is 3.15. The second kappa shape index (κ2) is 4.63. The SMILES string of the molecule is Cc1cccnc1C(F)(F)C(=O)N(C)C(C)(C)C. The molecule has 0 fully saturated rings. The summed E-state index contributed by atoms with van der Waals surface area (Å²) in [6.45, 7) is 6.62. The van der Waals surface area contributed by atoms with Crippen molar-refractivity contribution >= 4 is 5.91 Å². The number of nitrogens with zero attached hydrogens (tertiary/aromatic N) is 2. The van der Waals surface area contributed by atoms with Gasteiger partial charge in [-0.05, 0) is 39.3 Å². The van der Waals surface area contributed by atoms with Gasteiger partial charge in [0.2, 0.25) is 0 Å². The van der Waals surface area contributed by atoms with E-state index in [9.17, 15) is 13.6 Å². The highest BCUT2D eigenvalue weighted by atomic mass is 19.3. The normalized spacial score (nSPS) is 12.4. The molecule has 0 aliphatic carbocycles. The average molecular weight is 256 g/mol. The number of hydrogen-bond donors (Lipinski definition) is 0. The lowest BCUT2D eigenvalue weighted by molar-refractivity contribution is -0.162. The second-order valence-corrected chi connectivity index (χ2v) is 5.28. The highest BCUT2D eigenvalue weighted by Crippen LogP contribution is 2.32. The van der Waals surface area contributed by atoms with E-state index >= 15 is 0 Å². The van der Waals surface area contributed by atoms with Crippen LogP contribution in [0.1, 0.15) is 32.0 Å². The molecular weight excluding hydrogens is 238 g/mol. The van der Waals surface area contributed by atoms with E-state index in [0.717, 1.165) is 4.90 Å².